The molecule has 0 spiro atoms. The molecule has 2 bridgehead atoms. The van der Waals surface area contributed by atoms with Gasteiger partial charge in [0.05, 0.1) is 0 Å². The summed E-state index contributed by atoms with van der Waals surface area (Å²) < 4.78 is 0. The average molecular weight is 198 g/mol. The molecule has 0 radical (unpaired) electrons. The van der Waals surface area contributed by atoms with Gasteiger partial charge in [-0.2, -0.15) is 0 Å². The second-order valence-electron chi connectivity index (χ2n) is 5.34. The number of fused-ring (bicyclic) bond motifs is 7. The van der Waals surface area contributed by atoms with Crippen molar-refractivity contribution >= 4 is 5.78 Å². The second-order valence-corrected chi connectivity index (χ2v) is 5.34. The molecule has 0 saturated heterocycles. The predicted octanol–water partition coefficient (Wildman–Crippen LogP) is 3.01. The second kappa shape index (κ2) is 2.52. The summed E-state index contributed by atoms with van der Waals surface area (Å²) in [5, 5.41) is 0. The van der Waals surface area contributed by atoms with E-state index in [1.165, 1.54) is 24.8 Å². The minimum Gasteiger partial charge on any atom is -0.294 e. The lowest BCUT2D eigenvalue weighted by Crippen LogP contribution is -2.20. The molecule has 0 unspecified atom stereocenters. The zero-order chi connectivity index (χ0) is 9.99. The van der Waals surface area contributed by atoms with Gasteiger partial charge < -0.3 is 0 Å². The maximum Gasteiger partial charge on any atom is 0.167 e. The predicted molar refractivity (Wildman–Crippen MR) is 57.8 cm³/mol. The standard InChI is InChI=1S/C14H14O/c15-14-11-4-2-1-3-10(11)12-8-5-6-9(7-8)13(12)14/h1-4,8-9,12-13H,5-7H2/t8-,9+,12-,13-/m0/s1. The van der Waals surface area contributed by atoms with Crippen molar-refractivity contribution < 1.29 is 4.79 Å². The number of ketones is 1. The zero-order valence-corrected chi connectivity index (χ0v) is 8.65. The molecule has 2 fully saturated rings. The maximum atomic E-state index is 12.3. The van der Waals surface area contributed by atoms with Crippen LogP contribution in [-0.2, 0) is 0 Å². The molecule has 1 heteroatoms. The summed E-state index contributed by atoms with van der Waals surface area (Å²) in [4.78, 5) is 12.3. The highest BCUT2D eigenvalue weighted by atomic mass is 16.1. The highest BCUT2D eigenvalue weighted by Crippen LogP contribution is 2.61. The lowest BCUT2D eigenvalue weighted by Gasteiger charge is -2.23. The molecule has 0 heterocycles. The Balaban J connectivity index is 1.93. The molecule has 3 aliphatic carbocycles. The third-order valence-electron chi connectivity index (χ3n) is 4.80. The highest BCUT2D eigenvalue weighted by Gasteiger charge is 2.55. The number of Topliss-reactive ketones (excluding diaryl/α,β-unsaturated/α-hetero) is 1. The molecule has 1 nitrogen and oxygen atoms in total. The fraction of sp³-hybridized carbons (Fsp3) is 0.500. The van der Waals surface area contributed by atoms with E-state index >= 15 is 0 Å². The number of benzene rings is 1. The van der Waals surface area contributed by atoms with Gasteiger partial charge in [0.2, 0.25) is 0 Å². The third kappa shape index (κ3) is 0.831. The third-order valence-corrected chi connectivity index (χ3v) is 4.80. The topological polar surface area (TPSA) is 17.1 Å². The lowest BCUT2D eigenvalue weighted by atomic mass is 9.79. The van der Waals surface area contributed by atoms with Gasteiger partial charge in [0.15, 0.2) is 5.78 Å². The van der Waals surface area contributed by atoms with Crippen LogP contribution in [0.25, 0.3) is 0 Å². The summed E-state index contributed by atoms with van der Waals surface area (Å²) in [6.45, 7) is 0. The Hall–Kier alpha value is -1.11. The van der Waals surface area contributed by atoms with Crippen molar-refractivity contribution in [2.45, 2.75) is 25.2 Å². The van der Waals surface area contributed by atoms with Crippen LogP contribution < -0.4 is 0 Å². The molecule has 0 aromatic heterocycles. The first-order chi connectivity index (χ1) is 7.36. The maximum absolute atomic E-state index is 12.3. The average Bonchev–Trinajstić information content (AvgIpc) is 2.92. The fourth-order valence-corrected chi connectivity index (χ4v) is 4.31. The van der Waals surface area contributed by atoms with Crippen molar-refractivity contribution in [2.24, 2.45) is 17.8 Å². The fourth-order valence-electron chi connectivity index (χ4n) is 4.31. The Morgan fingerprint density at radius 1 is 1.00 bits per heavy atom. The van der Waals surface area contributed by atoms with Crippen LogP contribution in [0.2, 0.25) is 0 Å². The van der Waals surface area contributed by atoms with Crippen LogP contribution in [0.15, 0.2) is 24.3 Å². The largest absolute Gasteiger partial charge is 0.294 e. The Bertz CT molecular complexity index is 448. The Morgan fingerprint density at radius 3 is 2.60 bits per heavy atom. The van der Waals surface area contributed by atoms with Gasteiger partial charge in [0.25, 0.3) is 0 Å². The first-order valence-electron chi connectivity index (χ1n) is 5.99. The number of rotatable bonds is 0. The van der Waals surface area contributed by atoms with E-state index in [0.29, 0.717) is 23.5 Å². The number of carbonyl (C=O) groups excluding carboxylic acids is 1. The summed E-state index contributed by atoms with van der Waals surface area (Å²) in [6.07, 6.45) is 3.97. The molecular weight excluding hydrogens is 184 g/mol. The minimum absolute atomic E-state index is 0.362. The van der Waals surface area contributed by atoms with Gasteiger partial charge in [0, 0.05) is 11.5 Å². The quantitative estimate of drug-likeness (QED) is 0.626. The van der Waals surface area contributed by atoms with E-state index in [1.54, 1.807) is 0 Å². The van der Waals surface area contributed by atoms with Crippen LogP contribution in [0.4, 0.5) is 0 Å². The van der Waals surface area contributed by atoms with E-state index in [2.05, 4.69) is 12.1 Å². The molecule has 4 atom stereocenters. The van der Waals surface area contributed by atoms with Crippen molar-refractivity contribution in [3.8, 4) is 0 Å². The van der Waals surface area contributed by atoms with Gasteiger partial charge >= 0.3 is 0 Å². The number of hydrogen-bond acceptors (Lipinski definition) is 1. The number of carbonyl (C=O) groups is 1. The van der Waals surface area contributed by atoms with Gasteiger partial charge in [-0.15, -0.1) is 0 Å². The van der Waals surface area contributed by atoms with Gasteiger partial charge in [-0.25, -0.2) is 0 Å². The summed E-state index contributed by atoms with van der Waals surface area (Å²) in [5.41, 5.74) is 2.39. The monoisotopic (exact) mass is 198 g/mol. The molecule has 4 rings (SSSR count). The summed E-state index contributed by atoms with van der Waals surface area (Å²) in [7, 11) is 0. The van der Waals surface area contributed by atoms with Crippen LogP contribution >= 0.6 is 0 Å². The molecule has 76 valence electrons. The summed E-state index contributed by atoms with van der Waals surface area (Å²) in [6, 6.07) is 8.29. The van der Waals surface area contributed by atoms with Crippen LogP contribution in [0.1, 0.15) is 41.1 Å². The van der Waals surface area contributed by atoms with Crippen LogP contribution in [0.5, 0.6) is 0 Å². The SMILES string of the molecule is O=C1c2ccccc2[C@@H]2[C@H]3CC[C@H](C3)[C@H]12. The van der Waals surface area contributed by atoms with E-state index in [4.69, 9.17) is 0 Å². The first kappa shape index (κ1) is 8.09. The molecule has 1 aromatic carbocycles. The van der Waals surface area contributed by atoms with Gasteiger partial charge in [-0.3, -0.25) is 4.79 Å². The normalized spacial score (nSPS) is 40.7. The number of hydrogen-bond donors (Lipinski definition) is 0. The Morgan fingerprint density at radius 2 is 1.73 bits per heavy atom. The molecule has 3 aliphatic rings. The van der Waals surface area contributed by atoms with E-state index in [9.17, 15) is 4.79 Å². The van der Waals surface area contributed by atoms with Crippen LogP contribution in [-0.4, -0.2) is 5.78 Å². The molecule has 15 heavy (non-hydrogen) atoms. The van der Waals surface area contributed by atoms with Crippen LogP contribution in [0.3, 0.4) is 0 Å². The van der Waals surface area contributed by atoms with E-state index < -0.39 is 0 Å². The van der Waals surface area contributed by atoms with E-state index in [1.807, 2.05) is 12.1 Å². The van der Waals surface area contributed by atoms with Gasteiger partial charge in [0.1, 0.15) is 0 Å². The van der Waals surface area contributed by atoms with E-state index in [0.717, 1.165) is 11.5 Å². The van der Waals surface area contributed by atoms with Crippen molar-refractivity contribution in [1.82, 2.24) is 0 Å². The molecule has 0 N–H and O–H groups in total. The smallest absolute Gasteiger partial charge is 0.167 e. The van der Waals surface area contributed by atoms with Crippen molar-refractivity contribution in [1.29, 1.82) is 0 Å². The van der Waals surface area contributed by atoms with Crippen molar-refractivity contribution in [2.75, 3.05) is 0 Å². The molecule has 2 saturated carbocycles. The van der Waals surface area contributed by atoms with Crippen LogP contribution in [0, 0.1) is 17.8 Å². The first-order valence-corrected chi connectivity index (χ1v) is 5.99. The summed E-state index contributed by atoms with van der Waals surface area (Å²) in [5.74, 6) is 2.92. The molecular formula is C14H14O. The minimum atomic E-state index is 0.362. The molecule has 0 amide bonds. The summed E-state index contributed by atoms with van der Waals surface area (Å²) >= 11 is 0. The van der Waals surface area contributed by atoms with Crippen molar-refractivity contribution in [3.63, 3.8) is 0 Å². The Kier molecular flexibility index (Phi) is 1.36. The highest BCUT2D eigenvalue weighted by molar-refractivity contribution is 6.03. The zero-order valence-electron chi connectivity index (χ0n) is 8.65. The molecule has 1 aromatic rings. The van der Waals surface area contributed by atoms with E-state index in [-0.39, 0.29) is 0 Å². The van der Waals surface area contributed by atoms with Gasteiger partial charge in [-0.05, 0) is 42.6 Å². The molecule has 0 aliphatic heterocycles. The lowest BCUT2D eigenvalue weighted by molar-refractivity contribution is 0.0883. The van der Waals surface area contributed by atoms with Crippen molar-refractivity contribution in [3.05, 3.63) is 35.4 Å². The van der Waals surface area contributed by atoms with Gasteiger partial charge in [-0.1, -0.05) is 24.3 Å². The Labute approximate surface area is 89.5 Å².